The van der Waals surface area contributed by atoms with Gasteiger partial charge in [-0.1, -0.05) is 12.1 Å². The maximum Gasteiger partial charge on any atom is 0.314 e. The highest BCUT2D eigenvalue weighted by atomic mass is 19.2. The van der Waals surface area contributed by atoms with Crippen LogP contribution in [-0.2, 0) is 4.79 Å². The summed E-state index contributed by atoms with van der Waals surface area (Å²) in [4.78, 5) is 12.5. The van der Waals surface area contributed by atoms with E-state index in [1.165, 1.54) is 12.1 Å². The smallest absolute Gasteiger partial charge is 0.314 e. The molecule has 0 heterocycles. The number of aromatic hydroxyl groups is 2. The third kappa shape index (κ3) is 4.42. The van der Waals surface area contributed by atoms with Crippen LogP contribution in [0.25, 0.3) is 11.1 Å². The molecule has 1 fully saturated rings. The fourth-order valence-corrected chi connectivity index (χ4v) is 4.21. The number of rotatable bonds is 4. The zero-order valence-corrected chi connectivity index (χ0v) is 17.6. The van der Waals surface area contributed by atoms with Crippen LogP contribution in [0.5, 0.6) is 17.2 Å². The predicted octanol–water partition coefficient (Wildman–Crippen LogP) is 6.34. The summed E-state index contributed by atoms with van der Waals surface area (Å²) >= 11 is 0. The molecule has 4 rings (SSSR count). The Bertz CT molecular complexity index is 1250. The molecule has 3 aromatic rings. The Morgan fingerprint density at radius 1 is 0.765 bits per heavy atom. The summed E-state index contributed by atoms with van der Waals surface area (Å²) in [5, 5.41) is 18.5. The van der Waals surface area contributed by atoms with E-state index in [9.17, 15) is 37.0 Å². The number of hydrogen-bond donors (Lipinski definition) is 2. The van der Waals surface area contributed by atoms with Gasteiger partial charge in [0.15, 0.2) is 34.7 Å². The molecule has 0 atom stereocenters. The van der Waals surface area contributed by atoms with Crippen molar-refractivity contribution in [1.82, 2.24) is 0 Å². The van der Waals surface area contributed by atoms with E-state index in [2.05, 4.69) is 0 Å². The molecule has 0 spiro atoms. The lowest BCUT2D eigenvalue weighted by molar-refractivity contribution is -0.140. The first-order valence-electron chi connectivity index (χ1n) is 10.5. The molecule has 0 radical (unpaired) electrons. The lowest BCUT2D eigenvalue weighted by Crippen LogP contribution is -2.25. The summed E-state index contributed by atoms with van der Waals surface area (Å²) in [6, 6.07) is 7.68. The molecule has 2 N–H and O–H groups in total. The normalized spacial score (nSPS) is 18.0. The number of phenolic OH excluding ortho intramolecular Hbond substituents is 2. The molecular weight excluding hydrogens is 459 g/mol. The summed E-state index contributed by atoms with van der Waals surface area (Å²) in [6.45, 7) is 0. The largest absolute Gasteiger partial charge is 0.505 e. The number of esters is 1. The first-order valence-corrected chi connectivity index (χ1v) is 10.5. The van der Waals surface area contributed by atoms with Gasteiger partial charge in [-0.15, -0.1) is 0 Å². The van der Waals surface area contributed by atoms with Crippen molar-refractivity contribution in [1.29, 1.82) is 0 Å². The van der Waals surface area contributed by atoms with Crippen LogP contribution in [0, 0.1) is 35.0 Å². The van der Waals surface area contributed by atoms with E-state index in [4.69, 9.17) is 4.74 Å². The topological polar surface area (TPSA) is 66.8 Å². The average molecular weight is 478 g/mol. The summed E-state index contributed by atoms with van der Waals surface area (Å²) in [5.74, 6) is -9.83. The minimum absolute atomic E-state index is 0.0163. The number of benzene rings is 3. The molecule has 3 aromatic carbocycles. The standard InChI is InChI=1S/C25H19F5O4/c26-17-11-14(16-7-9-19(32)24(30)22(16)28)5-10-20(17)34-25(33)13-3-1-12(2-4-13)15-6-8-18(31)23(29)21(15)27/h5-13,31-32H,1-4H2. The van der Waals surface area contributed by atoms with Crippen LogP contribution >= 0.6 is 0 Å². The first-order chi connectivity index (χ1) is 16.2. The lowest BCUT2D eigenvalue weighted by atomic mass is 9.78. The van der Waals surface area contributed by atoms with Crippen molar-refractivity contribution in [2.24, 2.45) is 5.92 Å². The van der Waals surface area contributed by atoms with E-state index >= 15 is 0 Å². The number of halogens is 5. The van der Waals surface area contributed by atoms with Gasteiger partial charge in [-0.2, -0.15) is 8.78 Å². The van der Waals surface area contributed by atoms with Gasteiger partial charge in [0.2, 0.25) is 11.6 Å². The first kappa shape index (κ1) is 23.5. The lowest BCUT2D eigenvalue weighted by Gasteiger charge is -2.27. The highest BCUT2D eigenvalue weighted by Crippen LogP contribution is 2.39. The minimum Gasteiger partial charge on any atom is -0.505 e. The molecule has 0 saturated heterocycles. The maximum absolute atomic E-state index is 14.5. The molecule has 0 bridgehead atoms. The summed E-state index contributed by atoms with van der Waals surface area (Å²) in [7, 11) is 0. The third-order valence-corrected chi connectivity index (χ3v) is 6.11. The Labute approximate surface area is 191 Å². The van der Waals surface area contributed by atoms with Gasteiger partial charge < -0.3 is 14.9 Å². The molecule has 178 valence electrons. The second kappa shape index (κ2) is 9.32. The molecule has 0 amide bonds. The molecule has 1 aliphatic carbocycles. The summed E-state index contributed by atoms with van der Waals surface area (Å²) < 4.78 is 75.1. The van der Waals surface area contributed by atoms with E-state index < -0.39 is 52.5 Å². The maximum atomic E-state index is 14.5. The van der Waals surface area contributed by atoms with Gasteiger partial charge in [0, 0.05) is 5.56 Å². The van der Waals surface area contributed by atoms with Crippen molar-refractivity contribution in [2.75, 3.05) is 0 Å². The van der Waals surface area contributed by atoms with Crippen molar-refractivity contribution in [3.8, 4) is 28.4 Å². The third-order valence-electron chi connectivity index (χ3n) is 6.11. The number of phenols is 2. The van der Waals surface area contributed by atoms with E-state index in [1.807, 2.05) is 0 Å². The van der Waals surface area contributed by atoms with E-state index in [-0.39, 0.29) is 28.4 Å². The van der Waals surface area contributed by atoms with Crippen molar-refractivity contribution in [3.05, 3.63) is 77.1 Å². The van der Waals surface area contributed by atoms with E-state index in [0.717, 1.165) is 30.3 Å². The molecule has 1 aliphatic rings. The highest BCUT2D eigenvalue weighted by molar-refractivity contribution is 5.76. The number of carbonyl (C=O) groups is 1. The zero-order chi connectivity index (χ0) is 24.6. The van der Waals surface area contributed by atoms with Crippen LogP contribution in [0.1, 0.15) is 37.2 Å². The number of carbonyl (C=O) groups excluding carboxylic acids is 1. The van der Waals surface area contributed by atoms with Gasteiger partial charge in [-0.25, -0.2) is 13.2 Å². The van der Waals surface area contributed by atoms with Crippen molar-refractivity contribution >= 4 is 5.97 Å². The van der Waals surface area contributed by atoms with Crippen molar-refractivity contribution < 1.29 is 41.7 Å². The van der Waals surface area contributed by atoms with Crippen LogP contribution in [-0.4, -0.2) is 16.2 Å². The molecule has 1 saturated carbocycles. The van der Waals surface area contributed by atoms with Crippen molar-refractivity contribution in [3.63, 3.8) is 0 Å². The molecule has 0 aliphatic heterocycles. The van der Waals surface area contributed by atoms with E-state index in [1.54, 1.807) is 0 Å². The van der Waals surface area contributed by atoms with Gasteiger partial charge in [-0.3, -0.25) is 4.79 Å². The Morgan fingerprint density at radius 3 is 2.03 bits per heavy atom. The average Bonchev–Trinajstić information content (AvgIpc) is 2.83. The van der Waals surface area contributed by atoms with Crippen molar-refractivity contribution in [2.45, 2.75) is 31.6 Å². The molecule has 0 unspecified atom stereocenters. The minimum atomic E-state index is -1.46. The Morgan fingerprint density at radius 2 is 1.38 bits per heavy atom. The molecule has 34 heavy (non-hydrogen) atoms. The van der Waals surface area contributed by atoms with Gasteiger partial charge in [0.25, 0.3) is 0 Å². The Kier molecular flexibility index (Phi) is 6.45. The highest BCUT2D eigenvalue weighted by Gasteiger charge is 2.31. The van der Waals surface area contributed by atoms with Gasteiger partial charge in [-0.05, 0) is 73.1 Å². The quantitative estimate of drug-likeness (QED) is 0.261. The second-order valence-corrected chi connectivity index (χ2v) is 8.18. The molecule has 0 aromatic heterocycles. The number of ether oxygens (including phenoxy) is 1. The van der Waals surface area contributed by atoms with Gasteiger partial charge in [0.1, 0.15) is 0 Å². The fraction of sp³-hybridized carbons (Fsp3) is 0.240. The van der Waals surface area contributed by atoms with Gasteiger partial charge >= 0.3 is 5.97 Å². The van der Waals surface area contributed by atoms with Crippen LogP contribution in [0.3, 0.4) is 0 Å². The fourth-order valence-electron chi connectivity index (χ4n) is 4.21. The molecule has 4 nitrogen and oxygen atoms in total. The van der Waals surface area contributed by atoms with Crippen LogP contribution < -0.4 is 4.74 Å². The Hall–Kier alpha value is -3.62. The monoisotopic (exact) mass is 478 g/mol. The Balaban J connectivity index is 1.42. The molecule has 9 heteroatoms. The SMILES string of the molecule is O=C(Oc1ccc(-c2ccc(O)c(F)c2F)cc1F)C1CCC(c2ccc(O)c(F)c2F)CC1. The number of hydrogen-bond acceptors (Lipinski definition) is 4. The molecular formula is C25H19F5O4. The van der Waals surface area contributed by atoms with Gasteiger partial charge in [0.05, 0.1) is 5.92 Å². The zero-order valence-electron chi connectivity index (χ0n) is 17.6. The van der Waals surface area contributed by atoms with Crippen LogP contribution in [0.15, 0.2) is 42.5 Å². The van der Waals surface area contributed by atoms with E-state index in [0.29, 0.717) is 25.7 Å². The summed E-state index contributed by atoms with van der Waals surface area (Å²) in [5.41, 5.74) is -0.165. The second-order valence-electron chi connectivity index (χ2n) is 8.18. The summed E-state index contributed by atoms with van der Waals surface area (Å²) in [6.07, 6.45) is 1.36. The predicted molar refractivity (Wildman–Crippen MR) is 112 cm³/mol. The van der Waals surface area contributed by atoms with Crippen LogP contribution in [0.2, 0.25) is 0 Å². The van der Waals surface area contributed by atoms with Crippen LogP contribution in [0.4, 0.5) is 22.0 Å².